The van der Waals surface area contributed by atoms with E-state index in [9.17, 15) is 9.18 Å². The molecule has 4 aromatic rings. The van der Waals surface area contributed by atoms with Gasteiger partial charge in [0.1, 0.15) is 36.4 Å². The van der Waals surface area contributed by atoms with Gasteiger partial charge in [-0.2, -0.15) is 0 Å². The number of halogens is 1. The highest BCUT2D eigenvalue weighted by molar-refractivity contribution is 6.07. The van der Waals surface area contributed by atoms with Crippen LogP contribution in [-0.4, -0.2) is 54.6 Å². The number of benzene rings is 3. The Morgan fingerprint density at radius 1 is 1.18 bits per heavy atom. The average molecular weight is 528 g/mol. The van der Waals surface area contributed by atoms with Gasteiger partial charge in [-0.25, -0.2) is 14.4 Å². The number of nitrogens with one attached hydrogen (secondary N) is 1. The smallest absolute Gasteiger partial charge is 0.250 e. The lowest BCUT2D eigenvalue weighted by Crippen LogP contribution is -2.37. The minimum atomic E-state index is -0.308. The fourth-order valence-corrected chi connectivity index (χ4v) is 4.39. The molecule has 0 radical (unpaired) electrons. The largest absolute Gasteiger partial charge is 0.489 e. The van der Waals surface area contributed by atoms with Crippen molar-refractivity contribution in [3.8, 4) is 11.5 Å². The van der Waals surface area contributed by atoms with Crippen LogP contribution in [0.1, 0.15) is 18.6 Å². The molecule has 0 fully saturated rings. The monoisotopic (exact) mass is 527 g/mol. The first kappa shape index (κ1) is 26.1. The molecule has 1 atom stereocenters. The summed E-state index contributed by atoms with van der Waals surface area (Å²) in [5.74, 6) is 1.40. The van der Waals surface area contributed by atoms with Crippen molar-refractivity contribution in [3.05, 3.63) is 90.5 Å². The van der Waals surface area contributed by atoms with Gasteiger partial charge in [0.25, 0.3) is 5.91 Å². The fourth-order valence-electron chi connectivity index (χ4n) is 4.39. The summed E-state index contributed by atoms with van der Waals surface area (Å²) < 4.78 is 25.6. The Morgan fingerprint density at radius 2 is 2.00 bits per heavy atom. The topological polar surface area (TPSA) is 79.8 Å². The van der Waals surface area contributed by atoms with Gasteiger partial charge in [0.2, 0.25) is 0 Å². The lowest BCUT2D eigenvalue weighted by atomic mass is 10.1. The number of carbonyl (C=O) groups excluding carboxylic acids is 1. The van der Waals surface area contributed by atoms with Gasteiger partial charge in [-0.05, 0) is 75.1 Å². The maximum atomic E-state index is 13.6. The van der Waals surface area contributed by atoms with Crippen LogP contribution in [0.3, 0.4) is 0 Å². The number of amides is 1. The highest BCUT2D eigenvalue weighted by atomic mass is 19.1. The number of likely N-dealkylation sites (N-methyl/N-ethyl adjacent to an activating group) is 1. The predicted molar refractivity (Wildman–Crippen MR) is 150 cm³/mol. The lowest BCUT2D eigenvalue weighted by Gasteiger charge is -2.30. The molecule has 1 aromatic heterocycles. The van der Waals surface area contributed by atoms with Crippen LogP contribution in [0, 0.1) is 5.82 Å². The summed E-state index contributed by atoms with van der Waals surface area (Å²) in [5.41, 5.74) is 2.93. The summed E-state index contributed by atoms with van der Waals surface area (Å²) in [6.07, 6.45) is 4.63. The number of nitrogens with zero attached hydrogens (tertiary/aromatic N) is 4. The molecule has 1 amide bonds. The number of aromatic nitrogens is 2. The quantitative estimate of drug-likeness (QED) is 0.303. The third kappa shape index (κ3) is 5.99. The SMILES string of the molecule is CC(Oc1ccc(Nc2ncnc3ccc4c(c23)OCCN4C(=O)/C=C/CN(C)C)cc1)c1cccc(F)c1. The van der Waals surface area contributed by atoms with Crippen molar-refractivity contribution in [1.82, 2.24) is 14.9 Å². The van der Waals surface area contributed by atoms with Gasteiger partial charge in [0.05, 0.1) is 23.1 Å². The number of carbonyl (C=O) groups is 1. The van der Waals surface area contributed by atoms with Gasteiger partial charge in [-0.1, -0.05) is 18.2 Å². The standard InChI is InChI=1S/C30H30FN5O3/c1-20(21-6-4-7-22(31)18-21)39-24-11-9-23(10-12-24)34-30-28-25(32-19-33-30)13-14-26-29(28)38-17-16-36(26)27(37)8-5-15-35(2)3/h4-14,18-20H,15-17H2,1-3H3,(H,32,33,34)/b8-5+. The van der Waals surface area contributed by atoms with E-state index in [1.165, 1.54) is 18.5 Å². The van der Waals surface area contributed by atoms with E-state index < -0.39 is 0 Å². The van der Waals surface area contributed by atoms with Crippen LogP contribution < -0.4 is 19.7 Å². The molecule has 2 heterocycles. The maximum absolute atomic E-state index is 13.6. The molecule has 0 aliphatic carbocycles. The van der Waals surface area contributed by atoms with E-state index in [0.29, 0.717) is 53.6 Å². The summed E-state index contributed by atoms with van der Waals surface area (Å²) in [6, 6.07) is 17.5. The van der Waals surface area contributed by atoms with Crippen molar-refractivity contribution in [2.45, 2.75) is 13.0 Å². The molecule has 200 valence electrons. The summed E-state index contributed by atoms with van der Waals surface area (Å²) >= 11 is 0. The van der Waals surface area contributed by atoms with E-state index in [1.807, 2.05) is 74.5 Å². The Balaban J connectivity index is 1.38. The van der Waals surface area contributed by atoms with E-state index in [1.54, 1.807) is 17.0 Å². The van der Waals surface area contributed by atoms with Gasteiger partial charge in [-0.3, -0.25) is 4.79 Å². The summed E-state index contributed by atoms with van der Waals surface area (Å²) in [6.45, 7) is 3.37. The minimum Gasteiger partial charge on any atom is -0.489 e. The first-order chi connectivity index (χ1) is 18.9. The van der Waals surface area contributed by atoms with E-state index in [-0.39, 0.29) is 17.8 Å². The van der Waals surface area contributed by atoms with Gasteiger partial charge in [0.15, 0.2) is 5.75 Å². The van der Waals surface area contributed by atoms with Crippen molar-refractivity contribution >= 4 is 34.0 Å². The molecule has 39 heavy (non-hydrogen) atoms. The Kier molecular flexibility index (Phi) is 7.69. The Hall–Kier alpha value is -4.50. The zero-order valence-corrected chi connectivity index (χ0v) is 22.1. The molecule has 0 bridgehead atoms. The van der Waals surface area contributed by atoms with E-state index in [2.05, 4.69) is 15.3 Å². The first-order valence-electron chi connectivity index (χ1n) is 12.7. The summed E-state index contributed by atoms with van der Waals surface area (Å²) in [5, 5.41) is 4.05. The van der Waals surface area contributed by atoms with Crippen molar-refractivity contribution in [3.63, 3.8) is 0 Å². The highest BCUT2D eigenvalue weighted by Crippen LogP contribution is 2.41. The van der Waals surface area contributed by atoms with Crippen LogP contribution in [0.2, 0.25) is 0 Å². The van der Waals surface area contributed by atoms with Crippen molar-refractivity contribution in [1.29, 1.82) is 0 Å². The maximum Gasteiger partial charge on any atom is 0.250 e. The molecule has 9 heteroatoms. The molecule has 0 saturated carbocycles. The molecule has 5 rings (SSSR count). The molecule has 1 aliphatic heterocycles. The fraction of sp³-hybridized carbons (Fsp3) is 0.233. The third-order valence-electron chi connectivity index (χ3n) is 6.33. The predicted octanol–water partition coefficient (Wildman–Crippen LogP) is 5.50. The average Bonchev–Trinajstić information content (AvgIpc) is 2.93. The normalized spacial score (nSPS) is 13.8. The van der Waals surface area contributed by atoms with Gasteiger partial charge < -0.3 is 24.6 Å². The summed E-state index contributed by atoms with van der Waals surface area (Å²) in [7, 11) is 3.90. The number of rotatable bonds is 8. The summed E-state index contributed by atoms with van der Waals surface area (Å²) in [4.78, 5) is 25.5. The lowest BCUT2D eigenvalue weighted by molar-refractivity contribution is -0.114. The number of hydrogen-bond donors (Lipinski definition) is 1. The van der Waals surface area contributed by atoms with E-state index in [0.717, 1.165) is 11.3 Å². The van der Waals surface area contributed by atoms with Crippen LogP contribution >= 0.6 is 0 Å². The molecular weight excluding hydrogens is 497 g/mol. The number of ether oxygens (including phenoxy) is 2. The molecular formula is C30H30FN5O3. The molecule has 1 aliphatic rings. The van der Waals surface area contributed by atoms with E-state index in [4.69, 9.17) is 9.47 Å². The second-order valence-corrected chi connectivity index (χ2v) is 9.50. The molecule has 1 N–H and O–H groups in total. The minimum absolute atomic E-state index is 0.102. The zero-order chi connectivity index (χ0) is 27.4. The highest BCUT2D eigenvalue weighted by Gasteiger charge is 2.26. The molecule has 8 nitrogen and oxygen atoms in total. The van der Waals surface area contributed by atoms with Crippen LogP contribution in [0.5, 0.6) is 11.5 Å². The van der Waals surface area contributed by atoms with Crippen LogP contribution in [-0.2, 0) is 4.79 Å². The third-order valence-corrected chi connectivity index (χ3v) is 6.33. The van der Waals surface area contributed by atoms with Crippen LogP contribution in [0.15, 0.2) is 79.1 Å². The molecule has 0 spiro atoms. The molecule has 3 aromatic carbocycles. The van der Waals surface area contributed by atoms with Crippen molar-refractivity contribution < 1.29 is 18.7 Å². The number of fused-ring (bicyclic) bond motifs is 3. The van der Waals surface area contributed by atoms with Crippen molar-refractivity contribution in [2.75, 3.05) is 44.0 Å². The van der Waals surface area contributed by atoms with Gasteiger partial charge >= 0.3 is 0 Å². The first-order valence-corrected chi connectivity index (χ1v) is 12.7. The second kappa shape index (κ2) is 11.5. The van der Waals surface area contributed by atoms with Gasteiger partial charge in [-0.15, -0.1) is 0 Å². The Bertz CT molecular complexity index is 1510. The number of hydrogen-bond acceptors (Lipinski definition) is 7. The zero-order valence-electron chi connectivity index (χ0n) is 22.1. The van der Waals surface area contributed by atoms with Crippen molar-refractivity contribution in [2.24, 2.45) is 0 Å². The Morgan fingerprint density at radius 3 is 2.77 bits per heavy atom. The second-order valence-electron chi connectivity index (χ2n) is 9.50. The van der Waals surface area contributed by atoms with E-state index >= 15 is 0 Å². The molecule has 1 unspecified atom stereocenters. The Labute approximate surface area is 226 Å². The van der Waals surface area contributed by atoms with Crippen LogP contribution in [0.4, 0.5) is 21.6 Å². The van der Waals surface area contributed by atoms with Gasteiger partial charge in [0, 0.05) is 18.3 Å². The molecule has 0 saturated heterocycles. The van der Waals surface area contributed by atoms with Crippen LogP contribution in [0.25, 0.3) is 10.9 Å². The number of anilines is 3.